The molecule has 0 spiro atoms. The number of hydrogen-bond acceptors (Lipinski definition) is 6. The quantitative estimate of drug-likeness (QED) is 0.818. The van der Waals surface area contributed by atoms with Crippen LogP contribution in [0.5, 0.6) is 0 Å². The molecule has 1 aromatic heterocycles. The molecule has 1 aliphatic heterocycles. The van der Waals surface area contributed by atoms with E-state index in [1.165, 1.54) is 18.4 Å². The molecule has 0 bridgehead atoms. The minimum absolute atomic E-state index is 0.303. The van der Waals surface area contributed by atoms with Crippen LogP contribution in [-0.4, -0.2) is 36.5 Å². The Morgan fingerprint density at radius 3 is 2.52 bits per heavy atom. The first-order chi connectivity index (χ1) is 12.9. The number of methoxy groups -OCH3 is 1. The molecular weight excluding hydrogens is 362 g/mol. The first-order valence-electron chi connectivity index (χ1n) is 8.73. The molecule has 6 nitrogen and oxygen atoms in total. The van der Waals surface area contributed by atoms with Crippen molar-refractivity contribution in [3.05, 3.63) is 51.4 Å². The van der Waals surface area contributed by atoms with Gasteiger partial charge in [-0.25, -0.2) is 4.79 Å². The van der Waals surface area contributed by atoms with Crippen molar-refractivity contribution >= 4 is 28.2 Å². The molecule has 0 unspecified atom stereocenters. The fourth-order valence-corrected chi connectivity index (χ4v) is 4.34. The van der Waals surface area contributed by atoms with Crippen molar-refractivity contribution in [2.75, 3.05) is 19.0 Å². The number of esters is 1. The molecule has 0 saturated carbocycles. The Bertz CT molecular complexity index is 910. The van der Waals surface area contributed by atoms with Crippen LogP contribution in [0.1, 0.15) is 50.6 Å². The number of carbonyl (C=O) groups is 2. The standard InChI is InChI=1S/C20H21N3O3S/c1-12(2)23-9-8-15-16(10-21)19(27-17(15)11-23)22-18(24)13-4-6-14(7-5-13)20(25)26-3/h4-7,12H,8-9,11H2,1-3H3,(H,22,24). The van der Waals surface area contributed by atoms with E-state index in [1.54, 1.807) is 24.3 Å². The summed E-state index contributed by atoms with van der Waals surface area (Å²) in [5, 5.41) is 13.0. The van der Waals surface area contributed by atoms with Gasteiger partial charge in [-0.15, -0.1) is 11.3 Å². The van der Waals surface area contributed by atoms with Crippen LogP contribution in [0, 0.1) is 11.3 Å². The zero-order chi connectivity index (χ0) is 19.6. The summed E-state index contributed by atoms with van der Waals surface area (Å²) in [4.78, 5) is 27.6. The third-order valence-electron chi connectivity index (χ3n) is 4.72. The first kappa shape index (κ1) is 19.1. The summed E-state index contributed by atoms with van der Waals surface area (Å²) in [6.45, 7) is 6.03. The molecule has 0 saturated heterocycles. The Labute approximate surface area is 162 Å². The smallest absolute Gasteiger partial charge is 0.337 e. The minimum Gasteiger partial charge on any atom is -0.465 e. The largest absolute Gasteiger partial charge is 0.465 e. The number of benzene rings is 1. The molecule has 0 fully saturated rings. The highest BCUT2D eigenvalue weighted by Crippen LogP contribution is 2.37. The number of nitrogens with zero attached hydrogens (tertiary/aromatic N) is 2. The number of hydrogen-bond donors (Lipinski definition) is 1. The van der Waals surface area contributed by atoms with Gasteiger partial charge in [-0.05, 0) is 50.1 Å². The Kier molecular flexibility index (Phi) is 5.59. The number of thiophene rings is 1. The highest BCUT2D eigenvalue weighted by atomic mass is 32.1. The van der Waals surface area contributed by atoms with Crippen LogP contribution in [0.25, 0.3) is 0 Å². The first-order valence-corrected chi connectivity index (χ1v) is 9.54. The number of nitriles is 1. The second kappa shape index (κ2) is 7.91. The third kappa shape index (κ3) is 3.87. The van der Waals surface area contributed by atoms with Crippen molar-refractivity contribution in [3.63, 3.8) is 0 Å². The van der Waals surface area contributed by atoms with Crippen molar-refractivity contribution < 1.29 is 14.3 Å². The lowest BCUT2D eigenvalue weighted by Gasteiger charge is -2.30. The molecule has 0 radical (unpaired) electrons. The van der Waals surface area contributed by atoms with Gasteiger partial charge in [0.2, 0.25) is 0 Å². The van der Waals surface area contributed by atoms with Gasteiger partial charge in [0.25, 0.3) is 5.91 Å². The number of anilines is 1. The monoisotopic (exact) mass is 383 g/mol. The summed E-state index contributed by atoms with van der Waals surface area (Å²) >= 11 is 1.47. The SMILES string of the molecule is COC(=O)c1ccc(C(=O)Nc2sc3c(c2C#N)CCN(C(C)C)C3)cc1. The number of fused-ring (bicyclic) bond motifs is 1. The Balaban J connectivity index is 1.81. The topological polar surface area (TPSA) is 82.4 Å². The fraction of sp³-hybridized carbons (Fsp3) is 0.350. The predicted octanol–water partition coefficient (Wildman–Crippen LogP) is 3.43. The molecule has 27 heavy (non-hydrogen) atoms. The van der Waals surface area contributed by atoms with Gasteiger partial charge >= 0.3 is 5.97 Å². The van der Waals surface area contributed by atoms with Crippen molar-refractivity contribution in [1.29, 1.82) is 5.26 Å². The van der Waals surface area contributed by atoms with Crippen molar-refractivity contribution in [3.8, 4) is 6.07 Å². The lowest BCUT2D eigenvalue weighted by Crippen LogP contribution is -2.35. The molecular formula is C20H21N3O3S. The number of ether oxygens (including phenoxy) is 1. The van der Waals surface area contributed by atoms with Crippen LogP contribution >= 0.6 is 11.3 Å². The van der Waals surface area contributed by atoms with E-state index >= 15 is 0 Å². The van der Waals surface area contributed by atoms with E-state index in [9.17, 15) is 14.9 Å². The Morgan fingerprint density at radius 1 is 1.26 bits per heavy atom. The maximum absolute atomic E-state index is 12.6. The molecule has 7 heteroatoms. The lowest BCUT2D eigenvalue weighted by molar-refractivity contribution is 0.0600. The van der Waals surface area contributed by atoms with E-state index in [-0.39, 0.29) is 5.91 Å². The van der Waals surface area contributed by atoms with Crippen molar-refractivity contribution in [1.82, 2.24) is 4.90 Å². The molecule has 0 atom stereocenters. The van der Waals surface area contributed by atoms with Gasteiger partial charge in [0.1, 0.15) is 11.1 Å². The van der Waals surface area contributed by atoms with Crippen LogP contribution in [0.4, 0.5) is 5.00 Å². The summed E-state index contributed by atoms with van der Waals surface area (Å²) in [5.74, 6) is -0.753. The molecule has 1 aliphatic rings. The fourth-order valence-electron chi connectivity index (χ4n) is 3.12. The molecule has 2 heterocycles. The molecule has 2 aromatic rings. The zero-order valence-corrected chi connectivity index (χ0v) is 16.4. The Morgan fingerprint density at radius 2 is 1.93 bits per heavy atom. The van der Waals surface area contributed by atoms with Crippen LogP contribution in [-0.2, 0) is 17.7 Å². The van der Waals surface area contributed by atoms with Crippen LogP contribution in [0.2, 0.25) is 0 Å². The van der Waals surface area contributed by atoms with Crippen molar-refractivity contribution in [2.45, 2.75) is 32.9 Å². The van der Waals surface area contributed by atoms with Gasteiger partial charge < -0.3 is 10.1 Å². The van der Waals surface area contributed by atoms with E-state index in [2.05, 4.69) is 34.9 Å². The third-order valence-corrected chi connectivity index (χ3v) is 5.86. The summed E-state index contributed by atoms with van der Waals surface area (Å²) in [6, 6.07) is 8.93. The second-order valence-electron chi connectivity index (χ2n) is 6.66. The van der Waals surface area contributed by atoms with E-state index in [0.29, 0.717) is 27.7 Å². The van der Waals surface area contributed by atoms with Gasteiger partial charge in [0, 0.05) is 29.6 Å². The van der Waals surface area contributed by atoms with Crippen LogP contribution in [0.15, 0.2) is 24.3 Å². The van der Waals surface area contributed by atoms with Gasteiger partial charge in [-0.2, -0.15) is 5.26 Å². The zero-order valence-electron chi connectivity index (χ0n) is 15.5. The van der Waals surface area contributed by atoms with E-state index < -0.39 is 5.97 Å². The normalized spacial score (nSPS) is 13.7. The van der Waals surface area contributed by atoms with E-state index in [1.807, 2.05) is 0 Å². The minimum atomic E-state index is -0.450. The molecule has 1 aromatic carbocycles. The Hall–Kier alpha value is -2.69. The molecule has 1 N–H and O–H groups in total. The number of nitrogens with one attached hydrogen (secondary N) is 1. The van der Waals surface area contributed by atoms with Crippen LogP contribution in [0.3, 0.4) is 0 Å². The van der Waals surface area contributed by atoms with E-state index in [0.717, 1.165) is 30.0 Å². The summed E-state index contributed by atoms with van der Waals surface area (Å²) in [5.41, 5.74) is 2.42. The second-order valence-corrected chi connectivity index (χ2v) is 7.76. The maximum Gasteiger partial charge on any atom is 0.337 e. The highest BCUT2D eigenvalue weighted by Gasteiger charge is 2.26. The number of carbonyl (C=O) groups excluding carboxylic acids is 2. The average Bonchev–Trinajstić information content (AvgIpc) is 3.03. The van der Waals surface area contributed by atoms with Gasteiger partial charge in [-0.3, -0.25) is 9.69 Å². The molecule has 140 valence electrons. The lowest BCUT2D eigenvalue weighted by atomic mass is 10.0. The van der Waals surface area contributed by atoms with Gasteiger partial charge in [-0.1, -0.05) is 0 Å². The molecule has 3 rings (SSSR count). The summed E-state index contributed by atoms with van der Waals surface area (Å²) in [7, 11) is 1.31. The van der Waals surface area contributed by atoms with Gasteiger partial charge in [0.15, 0.2) is 0 Å². The summed E-state index contributed by atoms with van der Waals surface area (Å²) in [6.07, 6.45) is 0.816. The van der Waals surface area contributed by atoms with Crippen LogP contribution < -0.4 is 5.32 Å². The molecule has 0 aliphatic carbocycles. The van der Waals surface area contributed by atoms with E-state index in [4.69, 9.17) is 0 Å². The number of amides is 1. The average molecular weight is 383 g/mol. The maximum atomic E-state index is 12.6. The predicted molar refractivity (Wildman–Crippen MR) is 104 cm³/mol. The van der Waals surface area contributed by atoms with Crippen molar-refractivity contribution in [2.24, 2.45) is 0 Å². The molecule has 1 amide bonds. The number of rotatable bonds is 4. The highest BCUT2D eigenvalue weighted by molar-refractivity contribution is 7.16. The summed E-state index contributed by atoms with van der Waals surface area (Å²) < 4.78 is 4.66. The van der Waals surface area contributed by atoms with Gasteiger partial charge in [0.05, 0.1) is 18.2 Å².